The van der Waals surface area contributed by atoms with Crippen LogP contribution in [0, 0.1) is 11.8 Å². The van der Waals surface area contributed by atoms with Crippen molar-refractivity contribution in [1.82, 2.24) is 14.8 Å². The summed E-state index contributed by atoms with van der Waals surface area (Å²) in [6.07, 6.45) is 1.31. The highest BCUT2D eigenvalue weighted by Crippen LogP contribution is 2.25. The van der Waals surface area contributed by atoms with Crippen LogP contribution >= 0.6 is 11.3 Å². The second-order valence-electron chi connectivity index (χ2n) is 8.39. The summed E-state index contributed by atoms with van der Waals surface area (Å²) in [5.74, 6) is 0.435. The van der Waals surface area contributed by atoms with Crippen LogP contribution in [0.1, 0.15) is 53.1 Å². The topological polar surface area (TPSA) is 82.6 Å². The number of nitrogens with zero attached hydrogens (tertiary/aromatic N) is 3. The molecule has 0 unspecified atom stereocenters. The summed E-state index contributed by atoms with van der Waals surface area (Å²) in [5, 5.41) is 5.32. The molecule has 3 amide bonds. The third-order valence-corrected chi connectivity index (χ3v) is 6.38. The molecule has 2 atom stereocenters. The van der Waals surface area contributed by atoms with Gasteiger partial charge in [0.2, 0.25) is 5.91 Å². The summed E-state index contributed by atoms with van der Waals surface area (Å²) in [5.41, 5.74) is 1.75. The Morgan fingerprint density at radius 1 is 1.13 bits per heavy atom. The van der Waals surface area contributed by atoms with E-state index in [1.165, 1.54) is 17.8 Å². The summed E-state index contributed by atoms with van der Waals surface area (Å²) < 4.78 is 0. The highest BCUT2D eigenvalue weighted by atomic mass is 32.1. The van der Waals surface area contributed by atoms with Crippen molar-refractivity contribution in [3.05, 3.63) is 46.5 Å². The van der Waals surface area contributed by atoms with Crippen molar-refractivity contribution in [3.8, 4) is 0 Å². The number of amides is 3. The lowest BCUT2D eigenvalue weighted by Gasteiger charge is -2.34. The second kappa shape index (κ2) is 8.65. The Bertz CT molecular complexity index is 928. The Hall–Kier alpha value is -2.58. The van der Waals surface area contributed by atoms with E-state index in [2.05, 4.69) is 29.0 Å². The van der Waals surface area contributed by atoms with E-state index >= 15 is 0 Å². The van der Waals surface area contributed by atoms with Gasteiger partial charge in [-0.15, -0.1) is 11.3 Å². The van der Waals surface area contributed by atoms with Crippen LogP contribution in [0.2, 0.25) is 0 Å². The smallest absolute Gasteiger partial charge is 0.261 e. The minimum absolute atomic E-state index is 0.0432. The lowest BCUT2D eigenvalue weighted by atomic mass is 9.92. The molecular weight excluding hydrogens is 400 g/mol. The predicted molar refractivity (Wildman–Crippen MR) is 115 cm³/mol. The molecule has 1 aromatic heterocycles. The third-order valence-electron chi connectivity index (χ3n) is 5.57. The van der Waals surface area contributed by atoms with Crippen molar-refractivity contribution in [2.24, 2.45) is 11.8 Å². The van der Waals surface area contributed by atoms with E-state index in [0.29, 0.717) is 28.1 Å². The number of carbonyl (C=O) groups excluding carboxylic acids is 3. The molecule has 1 aromatic carbocycles. The van der Waals surface area contributed by atoms with Gasteiger partial charge in [0.15, 0.2) is 5.13 Å². The molecule has 0 spiro atoms. The quantitative estimate of drug-likeness (QED) is 0.717. The number of thiazole rings is 1. The third kappa shape index (κ3) is 4.44. The normalized spacial score (nSPS) is 21.7. The van der Waals surface area contributed by atoms with Crippen molar-refractivity contribution in [2.75, 3.05) is 25.0 Å². The average molecular weight is 427 g/mol. The predicted octanol–water partition coefficient (Wildman–Crippen LogP) is 3.25. The van der Waals surface area contributed by atoms with Crippen LogP contribution < -0.4 is 5.32 Å². The Morgan fingerprint density at radius 2 is 1.77 bits per heavy atom. The highest BCUT2D eigenvalue weighted by Gasteiger charge is 2.35. The maximum Gasteiger partial charge on any atom is 0.261 e. The molecule has 30 heavy (non-hydrogen) atoms. The molecule has 1 fully saturated rings. The molecule has 158 valence electrons. The minimum atomic E-state index is -0.343. The number of nitrogens with one attached hydrogen (secondary N) is 1. The summed E-state index contributed by atoms with van der Waals surface area (Å²) in [6, 6.07) is 6.73. The molecule has 2 aromatic rings. The maximum atomic E-state index is 12.4. The van der Waals surface area contributed by atoms with Gasteiger partial charge in [-0.25, -0.2) is 4.98 Å². The molecule has 2 aliphatic heterocycles. The molecular formula is C22H26N4O3S. The van der Waals surface area contributed by atoms with Gasteiger partial charge in [0, 0.05) is 38.0 Å². The molecule has 1 N–H and O–H groups in total. The molecule has 0 saturated carbocycles. The summed E-state index contributed by atoms with van der Waals surface area (Å²) in [7, 11) is 0. The number of carbonyl (C=O) groups is 3. The van der Waals surface area contributed by atoms with Gasteiger partial charge in [0.1, 0.15) is 0 Å². The van der Waals surface area contributed by atoms with Crippen molar-refractivity contribution < 1.29 is 14.4 Å². The number of fused-ring (bicyclic) bond motifs is 1. The van der Waals surface area contributed by atoms with Crippen molar-refractivity contribution in [3.63, 3.8) is 0 Å². The zero-order valence-corrected chi connectivity index (χ0v) is 18.1. The fourth-order valence-corrected chi connectivity index (χ4v) is 5.14. The molecule has 4 rings (SSSR count). The molecule has 8 heteroatoms. The Morgan fingerprint density at radius 3 is 2.40 bits per heavy atom. The fraction of sp³-hybridized carbons (Fsp3) is 0.455. The number of benzene rings is 1. The molecule has 0 aliphatic carbocycles. The summed E-state index contributed by atoms with van der Waals surface area (Å²) in [6.45, 7) is 7.55. The van der Waals surface area contributed by atoms with Crippen LogP contribution in [0.4, 0.5) is 5.13 Å². The Balaban J connectivity index is 1.28. The lowest BCUT2D eigenvalue weighted by molar-refractivity contribution is -0.116. The maximum absolute atomic E-state index is 12.4. The summed E-state index contributed by atoms with van der Waals surface area (Å²) in [4.78, 5) is 45.2. The number of hydrogen-bond acceptors (Lipinski definition) is 6. The molecule has 0 radical (unpaired) electrons. The molecule has 1 saturated heterocycles. The van der Waals surface area contributed by atoms with Crippen LogP contribution in [-0.4, -0.2) is 52.1 Å². The Kier molecular flexibility index (Phi) is 5.97. The van der Waals surface area contributed by atoms with Crippen molar-refractivity contribution in [2.45, 2.75) is 33.2 Å². The van der Waals surface area contributed by atoms with Gasteiger partial charge in [-0.1, -0.05) is 26.0 Å². The van der Waals surface area contributed by atoms with Gasteiger partial charge >= 0.3 is 0 Å². The number of anilines is 1. The number of aromatic nitrogens is 1. The van der Waals surface area contributed by atoms with E-state index < -0.39 is 0 Å². The fourth-order valence-electron chi connectivity index (χ4n) is 4.42. The first-order valence-electron chi connectivity index (χ1n) is 10.3. The van der Waals surface area contributed by atoms with Crippen LogP contribution in [0.3, 0.4) is 0 Å². The average Bonchev–Trinajstić information content (AvgIpc) is 3.22. The van der Waals surface area contributed by atoms with Gasteiger partial charge in [-0.3, -0.25) is 24.2 Å². The first-order valence-corrected chi connectivity index (χ1v) is 11.2. The zero-order valence-electron chi connectivity index (χ0n) is 17.3. The van der Waals surface area contributed by atoms with E-state index in [-0.39, 0.29) is 30.7 Å². The molecule has 0 bridgehead atoms. The number of imide groups is 1. The minimum Gasteiger partial charge on any atom is -0.302 e. The highest BCUT2D eigenvalue weighted by molar-refractivity contribution is 7.13. The SMILES string of the molecule is C[C@@H]1C[C@@H](C)CN(Cc2csc(NC(=O)CCN3C(=O)c4ccccc4C3=O)n2)C1. The van der Waals surface area contributed by atoms with Gasteiger partial charge in [-0.2, -0.15) is 0 Å². The van der Waals surface area contributed by atoms with Crippen LogP contribution in [0.5, 0.6) is 0 Å². The van der Waals surface area contributed by atoms with Gasteiger partial charge < -0.3 is 5.32 Å². The van der Waals surface area contributed by atoms with Gasteiger partial charge in [0.05, 0.1) is 16.8 Å². The number of rotatable bonds is 6. The first kappa shape index (κ1) is 20.7. The van der Waals surface area contributed by atoms with E-state index in [9.17, 15) is 14.4 Å². The van der Waals surface area contributed by atoms with Crippen molar-refractivity contribution in [1.29, 1.82) is 0 Å². The van der Waals surface area contributed by atoms with E-state index in [4.69, 9.17) is 0 Å². The van der Waals surface area contributed by atoms with Crippen molar-refractivity contribution >= 4 is 34.2 Å². The Labute approximate surface area is 180 Å². The largest absolute Gasteiger partial charge is 0.302 e. The monoisotopic (exact) mass is 426 g/mol. The lowest BCUT2D eigenvalue weighted by Crippen LogP contribution is -2.38. The zero-order chi connectivity index (χ0) is 21.3. The first-order chi connectivity index (χ1) is 14.4. The van der Waals surface area contributed by atoms with Gasteiger partial charge in [-0.05, 0) is 30.4 Å². The standard InChI is InChI=1S/C22H26N4O3S/c1-14-9-15(2)11-25(10-14)12-16-13-30-22(23-16)24-19(27)7-8-26-20(28)17-5-3-4-6-18(17)21(26)29/h3-6,13-15H,7-12H2,1-2H3,(H,23,24,27)/t14-,15-/m1/s1. The van der Waals surface area contributed by atoms with E-state index in [1.54, 1.807) is 24.3 Å². The van der Waals surface area contributed by atoms with Crippen LogP contribution in [0.25, 0.3) is 0 Å². The molecule has 7 nitrogen and oxygen atoms in total. The van der Waals surface area contributed by atoms with E-state index in [0.717, 1.165) is 30.2 Å². The number of piperidine rings is 1. The molecule has 3 heterocycles. The number of likely N-dealkylation sites (tertiary alicyclic amines) is 1. The molecule has 2 aliphatic rings. The van der Waals surface area contributed by atoms with Crippen LogP contribution in [-0.2, 0) is 11.3 Å². The van der Waals surface area contributed by atoms with Gasteiger partial charge in [0.25, 0.3) is 11.8 Å². The van der Waals surface area contributed by atoms with E-state index in [1.807, 2.05) is 5.38 Å². The number of hydrogen-bond donors (Lipinski definition) is 1. The summed E-state index contributed by atoms with van der Waals surface area (Å²) >= 11 is 1.40. The van der Waals surface area contributed by atoms with Crippen LogP contribution in [0.15, 0.2) is 29.6 Å². The second-order valence-corrected chi connectivity index (χ2v) is 9.25.